The quantitative estimate of drug-likeness (QED) is 0.596. The number of benzene rings is 1. The summed E-state index contributed by atoms with van der Waals surface area (Å²) in [7, 11) is 0. The summed E-state index contributed by atoms with van der Waals surface area (Å²) in [5.74, 6) is 0. The molecule has 0 spiro atoms. The third kappa shape index (κ3) is 2.23. The second-order valence-electron chi connectivity index (χ2n) is 4.21. The van der Waals surface area contributed by atoms with E-state index in [4.69, 9.17) is 5.73 Å². The average Bonchev–Trinajstić information content (AvgIpc) is 2.22. The molecule has 2 nitrogen and oxygen atoms in total. The molecule has 1 aromatic rings. The van der Waals surface area contributed by atoms with Crippen LogP contribution in [0.3, 0.4) is 0 Å². The van der Waals surface area contributed by atoms with E-state index in [0.29, 0.717) is 5.25 Å². The van der Waals surface area contributed by atoms with Crippen LogP contribution < -0.4 is 11.1 Å². The van der Waals surface area contributed by atoms with Crippen molar-refractivity contribution in [2.45, 2.75) is 36.8 Å². The summed E-state index contributed by atoms with van der Waals surface area (Å²) in [5.41, 5.74) is 9.63. The number of anilines is 2. The molecule has 0 bridgehead atoms. The van der Waals surface area contributed by atoms with Crippen LogP contribution in [0.5, 0.6) is 0 Å². The van der Waals surface area contributed by atoms with E-state index < -0.39 is 0 Å². The maximum absolute atomic E-state index is 6.03. The summed E-state index contributed by atoms with van der Waals surface area (Å²) >= 11 is 1.85. The normalized spacial score (nSPS) is 14.9. The van der Waals surface area contributed by atoms with E-state index in [-0.39, 0.29) is 0 Å². The molecule has 0 amide bonds. The van der Waals surface area contributed by atoms with Gasteiger partial charge in [0.1, 0.15) is 0 Å². The highest BCUT2D eigenvalue weighted by molar-refractivity contribution is 8.00. The lowest BCUT2D eigenvalue weighted by atomic mass is 10.0. The molecule has 0 aliphatic carbocycles. The van der Waals surface area contributed by atoms with E-state index in [2.05, 4.69) is 25.2 Å². The van der Waals surface area contributed by atoms with Gasteiger partial charge in [-0.05, 0) is 24.5 Å². The van der Waals surface area contributed by atoms with Crippen LogP contribution in [-0.2, 0) is 6.42 Å². The molecule has 15 heavy (non-hydrogen) atoms. The van der Waals surface area contributed by atoms with Gasteiger partial charge in [-0.3, -0.25) is 0 Å². The molecule has 2 rings (SSSR count). The highest BCUT2D eigenvalue weighted by atomic mass is 32.2. The topological polar surface area (TPSA) is 38.0 Å². The van der Waals surface area contributed by atoms with Gasteiger partial charge >= 0.3 is 0 Å². The van der Waals surface area contributed by atoms with E-state index in [0.717, 1.165) is 12.2 Å². The van der Waals surface area contributed by atoms with Gasteiger partial charge in [-0.1, -0.05) is 19.9 Å². The average molecular weight is 222 g/mol. The second kappa shape index (κ2) is 4.35. The largest absolute Gasteiger partial charge is 0.398 e. The molecule has 3 heteroatoms. The van der Waals surface area contributed by atoms with Gasteiger partial charge in [-0.15, -0.1) is 11.8 Å². The van der Waals surface area contributed by atoms with Crippen molar-refractivity contribution in [1.82, 2.24) is 0 Å². The highest BCUT2D eigenvalue weighted by Gasteiger charge is 2.16. The van der Waals surface area contributed by atoms with Crippen molar-refractivity contribution in [3.05, 3.63) is 17.7 Å². The van der Waals surface area contributed by atoms with Gasteiger partial charge < -0.3 is 11.1 Å². The van der Waals surface area contributed by atoms with E-state index >= 15 is 0 Å². The van der Waals surface area contributed by atoms with Crippen LogP contribution in [0.15, 0.2) is 17.0 Å². The van der Waals surface area contributed by atoms with Crippen LogP contribution >= 0.6 is 11.8 Å². The molecule has 82 valence electrons. The summed E-state index contributed by atoms with van der Waals surface area (Å²) in [6.07, 6.45) is 2.40. The van der Waals surface area contributed by atoms with Gasteiger partial charge in [0.2, 0.25) is 0 Å². The predicted molar refractivity (Wildman–Crippen MR) is 68.7 cm³/mol. The Bertz CT molecular complexity index is 361. The Labute approximate surface area is 95.6 Å². The van der Waals surface area contributed by atoms with E-state index in [1.54, 1.807) is 0 Å². The monoisotopic (exact) mass is 222 g/mol. The first-order chi connectivity index (χ1) is 7.18. The van der Waals surface area contributed by atoms with Crippen LogP contribution in [-0.4, -0.2) is 11.8 Å². The van der Waals surface area contributed by atoms with Crippen molar-refractivity contribution in [2.24, 2.45) is 0 Å². The van der Waals surface area contributed by atoms with Crippen LogP contribution in [0.1, 0.15) is 25.8 Å². The molecule has 0 radical (unpaired) electrons. The number of nitrogens with one attached hydrogen (secondary N) is 1. The molecular weight excluding hydrogens is 204 g/mol. The zero-order valence-corrected chi connectivity index (χ0v) is 10.2. The first kappa shape index (κ1) is 10.7. The van der Waals surface area contributed by atoms with Gasteiger partial charge in [-0.25, -0.2) is 0 Å². The summed E-state index contributed by atoms with van der Waals surface area (Å²) < 4.78 is 0. The van der Waals surface area contributed by atoms with Crippen LogP contribution in [0, 0.1) is 0 Å². The fraction of sp³-hybridized carbons (Fsp3) is 0.500. The number of nitrogen functional groups attached to an aromatic ring is 1. The first-order valence-corrected chi connectivity index (χ1v) is 6.38. The summed E-state index contributed by atoms with van der Waals surface area (Å²) in [5, 5.41) is 4.05. The minimum Gasteiger partial charge on any atom is -0.398 e. The Morgan fingerprint density at radius 1 is 1.40 bits per heavy atom. The van der Waals surface area contributed by atoms with E-state index in [1.807, 2.05) is 17.8 Å². The van der Waals surface area contributed by atoms with Crippen molar-refractivity contribution in [1.29, 1.82) is 0 Å². The molecule has 0 saturated heterocycles. The predicted octanol–water partition coefficient (Wildman–Crippen LogP) is 3.13. The first-order valence-electron chi connectivity index (χ1n) is 5.50. The molecule has 1 aliphatic heterocycles. The molecule has 0 atom stereocenters. The van der Waals surface area contributed by atoms with Gasteiger partial charge in [0.25, 0.3) is 0 Å². The SMILES string of the molecule is CC(C)Sc1c(N)ccc2c1NCCC2. The molecule has 3 N–H and O–H groups in total. The van der Waals surface area contributed by atoms with Crippen molar-refractivity contribution in [3.63, 3.8) is 0 Å². The molecule has 1 aliphatic rings. The number of aryl methyl sites for hydroxylation is 1. The van der Waals surface area contributed by atoms with Gasteiger partial charge in [0.05, 0.1) is 10.6 Å². The molecular formula is C12H18N2S. The number of rotatable bonds is 2. The Balaban J connectivity index is 2.41. The van der Waals surface area contributed by atoms with Crippen LogP contribution in [0.2, 0.25) is 0 Å². The smallest absolute Gasteiger partial charge is 0.0540 e. The van der Waals surface area contributed by atoms with Crippen molar-refractivity contribution < 1.29 is 0 Å². The van der Waals surface area contributed by atoms with Crippen molar-refractivity contribution in [3.8, 4) is 0 Å². The Hall–Kier alpha value is -0.830. The van der Waals surface area contributed by atoms with Crippen molar-refractivity contribution in [2.75, 3.05) is 17.6 Å². The van der Waals surface area contributed by atoms with E-state index in [9.17, 15) is 0 Å². The fourth-order valence-corrected chi connectivity index (χ4v) is 2.89. The Kier molecular flexibility index (Phi) is 3.10. The third-order valence-electron chi connectivity index (χ3n) is 2.55. The van der Waals surface area contributed by atoms with Crippen LogP contribution in [0.25, 0.3) is 0 Å². The molecule has 0 aromatic heterocycles. The van der Waals surface area contributed by atoms with Crippen molar-refractivity contribution >= 4 is 23.1 Å². The zero-order chi connectivity index (χ0) is 10.8. The lowest BCUT2D eigenvalue weighted by molar-refractivity contribution is 0.824. The van der Waals surface area contributed by atoms with Gasteiger partial charge in [-0.2, -0.15) is 0 Å². The second-order valence-corrected chi connectivity index (χ2v) is 5.80. The standard InChI is InChI=1S/C12H18N2S/c1-8(2)15-12-10(13)6-5-9-4-3-7-14-11(9)12/h5-6,8,14H,3-4,7,13H2,1-2H3. The van der Waals surface area contributed by atoms with Gasteiger partial charge in [0.15, 0.2) is 0 Å². The Morgan fingerprint density at radius 3 is 2.93 bits per heavy atom. The lowest BCUT2D eigenvalue weighted by Gasteiger charge is -2.23. The Morgan fingerprint density at radius 2 is 2.20 bits per heavy atom. The number of hydrogen-bond donors (Lipinski definition) is 2. The zero-order valence-electron chi connectivity index (χ0n) is 9.34. The number of fused-ring (bicyclic) bond motifs is 1. The summed E-state index contributed by atoms with van der Waals surface area (Å²) in [6.45, 7) is 5.47. The summed E-state index contributed by atoms with van der Waals surface area (Å²) in [6, 6.07) is 4.19. The third-order valence-corrected chi connectivity index (χ3v) is 3.70. The summed E-state index contributed by atoms with van der Waals surface area (Å²) in [4.78, 5) is 1.24. The van der Waals surface area contributed by atoms with E-state index in [1.165, 1.54) is 29.0 Å². The minimum atomic E-state index is 0.572. The van der Waals surface area contributed by atoms with Crippen LogP contribution in [0.4, 0.5) is 11.4 Å². The minimum absolute atomic E-state index is 0.572. The van der Waals surface area contributed by atoms with Gasteiger partial charge in [0, 0.05) is 17.5 Å². The fourth-order valence-electron chi connectivity index (χ4n) is 1.90. The molecule has 0 saturated carbocycles. The molecule has 0 unspecified atom stereocenters. The highest BCUT2D eigenvalue weighted by Crippen LogP contribution is 2.39. The maximum Gasteiger partial charge on any atom is 0.0540 e. The maximum atomic E-state index is 6.03. The number of thioether (sulfide) groups is 1. The number of nitrogens with two attached hydrogens (primary N) is 1. The molecule has 0 fully saturated rings. The lowest BCUT2D eigenvalue weighted by Crippen LogP contribution is -2.13. The molecule has 1 heterocycles. The number of hydrogen-bond acceptors (Lipinski definition) is 3. The molecule has 1 aromatic carbocycles.